The number of thiocarbonyl (C=S) groups is 1. The topological polar surface area (TPSA) is 70.2 Å². The fraction of sp³-hybridized carbons (Fsp3) is 0.286. The predicted octanol–water partition coefficient (Wildman–Crippen LogP) is 4.31. The number of carbonyl (C=O) groups excluding carboxylic acids is 2. The van der Waals surface area contributed by atoms with E-state index in [9.17, 15) is 9.59 Å². The number of rotatable bonds is 5. The fourth-order valence-corrected chi connectivity index (χ4v) is 2.88. The van der Waals surface area contributed by atoms with Crippen LogP contribution < -0.4 is 16.0 Å². The molecule has 2 aromatic carbocycles. The normalized spacial score (nSPS) is 10.9. The highest BCUT2D eigenvalue weighted by Crippen LogP contribution is 2.16. The third-order valence-electron chi connectivity index (χ3n) is 3.73. The first kappa shape index (κ1) is 21.9. The molecule has 0 spiro atoms. The molecule has 0 heterocycles. The maximum atomic E-state index is 12.1. The second-order valence-corrected chi connectivity index (χ2v) is 8.19. The lowest BCUT2D eigenvalue weighted by Gasteiger charge is -2.20. The van der Waals surface area contributed by atoms with E-state index in [-0.39, 0.29) is 28.9 Å². The Bertz CT molecular complexity index is 861. The van der Waals surface area contributed by atoms with Crippen molar-refractivity contribution in [2.45, 2.75) is 39.2 Å². The molecule has 0 aliphatic rings. The summed E-state index contributed by atoms with van der Waals surface area (Å²) in [5, 5.41) is 9.34. The number of aryl methyl sites for hydroxylation is 1. The van der Waals surface area contributed by atoms with Crippen LogP contribution in [0.3, 0.4) is 0 Å². The molecule has 3 N–H and O–H groups in total. The summed E-state index contributed by atoms with van der Waals surface area (Å²) in [4.78, 5) is 24.2. The zero-order valence-electron chi connectivity index (χ0n) is 16.1. The van der Waals surface area contributed by atoms with Crippen molar-refractivity contribution in [1.82, 2.24) is 10.6 Å². The Labute approximate surface area is 175 Å². The molecule has 148 valence electrons. The van der Waals surface area contributed by atoms with Gasteiger partial charge in [-0.1, -0.05) is 29.8 Å². The van der Waals surface area contributed by atoms with Gasteiger partial charge in [-0.15, -0.1) is 0 Å². The van der Waals surface area contributed by atoms with Crippen molar-refractivity contribution >= 4 is 46.4 Å². The molecule has 2 aromatic rings. The molecule has 28 heavy (non-hydrogen) atoms. The maximum absolute atomic E-state index is 12.1. The van der Waals surface area contributed by atoms with Gasteiger partial charge in [0.05, 0.1) is 0 Å². The Hall–Kier alpha value is -2.44. The molecule has 2 rings (SSSR count). The molecule has 0 fully saturated rings. The molecule has 0 saturated carbocycles. The first-order valence-electron chi connectivity index (χ1n) is 8.91. The number of hydrogen-bond donors (Lipinski definition) is 3. The molecule has 0 saturated heterocycles. The van der Waals surface area contributed by atoms with Gasteiger partial charge in [-0.05, 0) is 75.3 Å². The Balaban J connectivity index is 1.83. The lowest BCUT2D eigenvalue weighted by molar-refractivity contribution is -0.119. The lowest BCUT2D eigenvalue weighted by Crippen LogP contribution is -2.40. The van der Waals surface area contributed by atoms with Gasteiger partial charge in [-0.2, -0.15) is 0 Å². The predicted molar refractivity (Wildman–Crippen MR) is 118 cm³/mol. The minimum atomic E-state index is -0.302. The number of amides is 2. The second kappa shape index (κ2) is 9.66. The number of hydrogen-bond acceptors (Lipinski definition) is 3. The Morgan fingerprint density at radius 3 is 2.29 bits per heavy atom. The summed E-state index contributed by atoms with van der Waals surface area (Å²) < 4.78 is 0. The van der Waals surface area contributed by atoms with Crippen LogP contribution in [0.2, 0.25) is 5.02 Å². The van der Waals surface area contributed by atoms with Gasteiger partial charge in [0.1, 0.15) is 0 Å². The van der Waals surface area contributed by atoms with Crippen LogP contribution in [0, 0.1) is 0 Å². The highest BCUT2D eigenvalue weighted by Gasteiger charge is 2.15. The van der Waals surface area contributed by atoms with Gasteiger partial charge < -0.3 is 16.0 Å². The van der Waals surface area contributed by atoms with E-state index in [0.717, 1.165) is 5.56 Å². The van der Waals surface area contributed by atoms with Crippen LogP contribution in [-0.2, 0) is 11.2 Å². The van der Waals surface area contributed by atoms with Gasteiger partial charge in [0.2, 0.25) is 5.91 Å². The molecule has 0 aromatic heterocycles. The molecule has 5 nitrogen and oxygen atoms in total. The minimum absolute atomic E-state index is 0.144. The van der Waals surface area contributed by atoms with Gasteiger partial charge in [-0.25, -0.2) is 0 Å². The summed E-state index contributed by atoms with van der Waals surface area (Å²) in [7, 11) is 0. The zero-order valence-corrected chi connectivity index (χ0v) is 17.7. The number of halogens is 1. The van der Waals surface area contributed by atoms with Crippen molar-refractivity contribution in [2.24, 2.45) is 0 Å². The largest absolute Gasteiger partial charge is 0.347 e. The average Bonchev–Trinajstić information content (AvgIpc) is 2.60. The molecule has 0 unspecified atom stereocenters. The minimum Gasteiger partial charge on any atom is -0.347 e. The third-order valence-corrected chi connectivity index (χ3v) is 4.30. The summed E-state index contributed by atoms with van der Waals surface area (Å²) in [5.74, 6) is -0.340. The molecule has 0 aliphatic heterocycles. The molecule has 0 radical (unpaired) electrons. The summed E-state index contributed by atoms with van der Waals surface area (Å²) in [6, 6.07) is 14.3. The van der Waals surface area contributed by atoms with E-state index in [0.29, 0.717) is 22.7 Å². The summed E-state index contributed by atoms with van der Waals surface area (Å²) in [6.07, 6.45) is 0.809. The smallest absolute Gasteiger partial charge is 0.251 e. The van der Waals surface area contributed by atoms with E-state index in [1.54, 1.807) is 30.3 Å². The molecular formula is C21H24ClN3O2S. The van der Waals surface area contributed by atoms with Crippen molar-refractivity contribution in [3.8, 4) is 0 Å². The van der Waals surface area contributed by atoms with Crippen LogP contribution in [-0.4, -0.2) is 22.5 Å². The van der Waals surface area contributed by atoms with Gasteiger partial charge in [-0.3, -0.25) is 9.59 Å². The first-order chi connectivity index (χ1) is 13.1. The first-order valence-corrected chi connectivity index (χ1v) is 9.69. The fourth-order valence-electron chi connectivity index (χ4n) is 2.42. The summed E-state index contributed by atoms with van der Waals surface area (Å²) in [6.45, 7) is 5.77. The quantitative estimate of drug-likeness (QED) is 0.634. The third kappa shape index (κ3) is 7.29. The van der Waals surface area contributed by atoms with Gasteiger partial charge in [0.25, 0.3) is 5.91 Å². The Kier molecular flexibility index (Phi) is 7.54. The van der Waals surface area contributed by atoms with Crippen LogP contribution in [0.5, 0.6) is 0 Å². The van der Waals surface area contributed by atoms with Gasteiger partial charge >= 0.3 is 0 Å². The molecular weight excluding hydrogens is 394 g/mol. The Morgan fingerprint density at radius 2 is 1.68 bits per heavy atom. The van der Waals surface area contributed by atoms with Crippen LogP contribution in [0.4, 0.5) is 5.69 Å². The van der Waals surface area contributed by atoms with E-state index < -0.39 is 0 Å². The average molecular weight is 418 g/mol. The summed E-state index contributed by atoms with van der Waals surface area (Å²) >= 11 is 11.3. The number of anilines is 1. The van der Waals surface area contributed by atoms with Crippen molar-refractivity contribution in [3.63, 3.8) is 0 Å². The van der Waals surface area contributed by atoms with E-state index in [1.807, 2.05) is 39.0 Å². The van der Waals surface area contributed by atoms with Crippen LogP contribution in [0.1, 0.15) is 43.1 Å². The van der Waals surface area contributed by atoms with E-state index >= 15 is 0 Å². The van der Waals surface area contributed by atoms with Crippen LogP contribution in [0.15, 0.2) is 48.5 Å². The van der Waals surface area contributed by atoms with Crippen molar-refractivity contribution in [2.75, 3.05) is 5.32 Å². The second-order valence-electron chi connectivity index (χ2n) is 7.38. The lowest BCUT2D eigenvalue weighted by atomic mass is 10.1. The van der Waals surface area contributed by atoms with Crippen LogP contribution in [0.25, 0.3) is 0 Å². The Morgan fingerprint density at radius 1 is 1.04 bits per heavy atom. The highest BCUT2D eigenvalue weighted by atomic mass is 35.5. The van der Waals surface area contributed by atoms with E-state index in [1.165, 1.54) is 0 Å². The van der Waals surface area contributed by atoms with E-state index in [4.69, 9.17) is 23.8 Å². The molecule has 7 heteroatoms. The van der Waals surface area contributed by atoms with Gasteiger partial charge in [0, 0.05) is 28.2 Å². The zero-order chi connectivity index (χ0) is 20.7. The maximum Gasteiger partial charge on any atom is 0.251 e. The summed E-state index contributed by atoms with van der Waals surface area (Å²) in [5.41, 5.74) is 1.85. The monoisotopic (exact) mass is 417 g/mol. The SMILES string of the molecule is CC(C)(C)NC(=O)c1ccc(NC(=S)NC(=O)CCc2ccccc2Cl)cc1. The molecule has 0 atom stereocenters. The number of carbonyl (C=O) groups is 2. The molecule has 0 bridgehead atoms. The highest BCUT2D eigenvalue weighted by molar-refractivity contribution is 7.80. The van der Waals surface area contributed by atoms with Gasteiger partial charge in [0.15, 0.2) is 5.11 Å². The molecule has 0 aliphatic carbocycles. The van der Waals surface area contributed by atoms with Crippen LogP contribution >= 0.6 is 23.8 Å². The number of benzene rings is 2. The molecule has 2 amide bonds. The number of nitrogens with one attached hydrogen (secondary N) is 3. The van der Waals surface area contributed by atoms with Crippen molar-refractivity contribution in [1.29, 1.82) is 0 Å². The standard InChI is InChI=1S/C21H24ClN3O2S/c1-21(2,3)25-19(27)15-8-11-16(12-9-15)23-20(28)24-18(26)13-10-14-6-4-5-7-17(14)22/h4-9,11-12H,10,13H2,1-3H3,(H,25,27)(H2,23,24,26,28). The van der Waals surface area contributed by atoms with Crippen molar-refractivity contribution in [3.05, 3.63) is 64.7 Å². The van der Waals surface area contributed by atoms with E-state index in [2.05, 4.69) is 16.0 Å². The van der Waals surface area contributed by atoms with Crippen molar-refractivity contribution < 1.29 is 9.59 Å².